The summed E-state index contributed by atoms with van der Waals surface area (Å²) in [5.74, 6) is 0. The molecule has 3 atom stereocenters. The zero-order chi connectivity index (χ0) is 12.9. The van der Waals surface area contributed by atoms with Crippen molar-refractivity contribution in [2.24, 2.45) is 5.73 Å². The van der Waals surface area contributed by atoms with Crippen molar-refractivity contribution in [2.45, 2.75) is 77.0 Å². The van der Waals surface area contributed by atoms with E-state index in [0.717, 1.165) is 31.8 Å². The molecule has 1 aliphatic rings. The van der Waals surface area contributed by atoms with E-state index in [9.17, 15) is 5.11 Å². The summed E-state index contributed by atoms with van der Waals surface area (Å²) < 4.78 is 0. The first-order valence-corrected chi connectivity index (χ1v) is 7.24. The van der Waals surface area contributed by atoms with E-state index >= 15 is 0 Å². The Hall–Kier alpha value is -0.120. The Labute approximate surface area is 106 Å². The van der Waals surface area contributed by atoms with Crippen LogP contribution >= 0.6 is 0 Å². The quantitative estimate of drug-likeness (QED) is 0.719. The Balaban J connectivity index is 2.34. The number of hydrogen-bond donors (Lipinski definition) is 2. The second kappa shape index (κ2) is 6.72. The highest BCUT2D eigenvalue weighted by Gasteiger charge is 2.29. The summed E-state index contributed by atoms with van der Waals surface area (Å²) >= 11 is 0. The standard InChI is InChI=1S/C14H30N2O/c1-4-13-8-7-12(3)16(13)10-6-9-14(17,5-2)11-15/h12-13,17H,4-11,15H2,1-3H3. The van der Waals surface area contributed by atoms with Crippen LogP contribution in [0.5, 0.6) is 0 Å². The molecule has 0 aromatic heterocycles. The van der Waals surface area contributed by atoms with Gasteiger partial charge in [-0.15, -0.1) is 0 Å². The van der Waals surface area contributed by atoms with E-state index < -0.39 is 5.60 Å². The highest BCUT2D eigenvalue weighted by Crippen LogP contribution is 2.27. The maximum atomic E-state index is 10.1. The topological polar surface area (TPSA) is 49.5 Å². The zero-order valence-corrected chi connectivity index (χ0v) is 11.8. The van der Waals surface area contributed by atoms with Gasteiger partial charge in [-0.1, -0.05) is 13.8 Å². The molecule has 3 unspecified atom stereocenters. The Morgan fingerprint density at radius 3 is 2.59 bits per heavy atom. The smallest absolute Gasteiger partial charge is 0.0767 e. The summed E-state index contributed by atoms with van der Waals surface area (Å²) in [6.07, 6.45) is 6.57. The molecule has 1 aliphatic heterocycles. The molecule has 0 saturated carbocycles. The highest BCUT2D eigenvalue weighted by atomic mass is 16.3. The third-order valence-electron chi connectivity index (χ3n) is 4.52. The second-order valence-electron chi connectivity index (χ2n) is 5.61. The molecule has 3 heteroatoms. The van der Waals surface area contributed by atoms with Gasteiger partial charge < -0.3 is 10.8 Å². The van der Waals surface area contributed by atoms with E-state index in [-0.39, 0.29) is 0 Å². The Morgan fingerprint density at radius 1 is 1.35 bits per heavy atom. The van der Waals surface area contributed by atoms with Gasteiger partial charge in [-0.05, 0) is 52.0 Å². The highest BCUT2D eigenvalue weighted by molar-refractivity contribution is 4.85. The molecule has 0 amide bonds. The van der Waals surface area contributed by atoms with Crippen molar-refractivity contribution < 1.29 is 5.11 Å². The first-order chi connectivity index (χ1) is 8.06. The molecular weight excluding hydrogens is 212 g/mol. The zero-order valence-electron chi connectivity index (χ0n) is 11.8. The molecule has 3 N–H and O–H groups in total. The minimum absolute atomic E-state index is 0.385. The van der Waals surface area contributed by atoms with Crippen molar-refractivity contribution in [3.05, 3.63) is 0 Å². The third kappa shape index (κ3) is 3.94. The van der Waals surface area contributed by atoms with E-state index in [1.54, 1.807) is 0 Å². The summed E-state index contributed by atoms with van der Waals surface area (Å²) in [4.78, 5) is 2.62. The van der Waals surface area contributed by atoms with Gasteiger partial charge in [0.25, 0.3) is 0 Å². The van der Waals surface area contributed by atoms with Crippen molar-refractivity contribution in [1.29, 1.82) is 0 Å². The molecule has 102 valence electrons. The number of rotatable bonds is 7. The second-order valence-corrected chi connectivity index (χ2v) is 5.61. The number of aliphatic hydroxyl groups is 1. The number of likely N-dealkylation sites (tertiary alicyclic amines) is 1. The van der Waals surface area contributed by atoms with E-state index in [0.29, 0.717) is 12.6 Å². The summed E-state index contributed by atoms with van der Waals surface area (Å²) in [6.45, 7) is 8.11. The van der Waals surface area contributed by atoms with Crippen molar-refractivity contribution >= 4 is 0 Å². The molecule has 1 heterocycles. The fourth-order valence-corrected chi connectivity index (χ4v) is 2.98. The van der Waals surface area contributed by atoms with Gasteiger partial charge in [0.15, 0.2) is 0 Å². The van der Waals surface area contributed by atoms with Gasteiger partial charge in [0, 0.05) is 18.6 Å². The monoisotopic (exact) mass is 242 g/mol. The predicted molar refractivity (Wildman–Crippen MR) is 73.0 cm³/mol. The average molecular weight is 242 g/mol. The first kappa shape index (κ1) is 14.9. The molecule has 1 fully saturated rings. The first-order valence-electron chi connectivity index (χ1n) is 7.24. The van der Waals surface area contributed by atoms with Crippen molar-refractivity contribution in [3.63, 3.8) is 0 Å². The molecule has 1 saturated heterocycles. The summed E-state index contributed by atoms with van der Waals surface area (Å²) in [5, 5.41) is 10.1. The minimum atomic E-state index is -0.634. The van der Waals surface area contributed by atoms with E-state index in [2.05, 4.69) is 18.7 Å². The van der Waals surface area contributed by atoms with Crippen LogP contribution in [0.15, 0.2) is 0 Å². The molecule has 0 aliphatic carbocycles. The fourth-order valence-electron chi connectivity index (χ4n) is 2.98. The lowest BCUT2D eigenvalue weighted by Gasteiger charge is -2.30. The lowest BCUT2D eigenvalue weighted by atomic mass is 9.94. The maximum Gasteiger partial charge on any atom is 0.0767 e. The predicted octanol–water partition coefficient (Wildman–Crippen LogP) is 2.13. The van der Waals surface area contributed by atoms with Crippen LogP contribution in [0.2, 0.25) is 0 Å². The van der Waals surface area contributed by atoms with Crippen LogP contribution in [-0.2, 0) is 0 Å². The van der Waals surface area contributed by atoms with E-state index in [4.69, 9.17) is 5.73 Å². The molecule has 0 aromatic carbocycles. The van der Waals surface area contributed by atoms with Crippen LogP contribution in [0, 0.1) is 0 Å². The van der Waals surface area contributed by atoms with Gasteiger partial charge in [0.2, 0.25) is 0 Å². The van der Waals surface area contributed by atoms with Crippen LogP contribution in [-0.4, -0.2) is 40.8 Å². The number of nitrogens with zero attached hydrogens (tertiary/aromatic N) is 1. The van der Waals surface area contributed by atoms with Gasteiger partial charge >= 0.3 is 0 Å². The molecule has 17 heavy (non-hydrogen) atoms. The largest absolute Gasteiger partial charge is 0.389 e. The van der Waals surface area contributed by atoms with Crippen LogP contribution in [0.4, 0.5) is 0 Å². The van der Waals surface area contributed by atoms with E-state index in [1.807, 2.05) is 6.92 Å². The Kier molecular flexibility index (Phi) is 5.90. The molecule has 3 nitrogen and oxygen atoms in total. The molecule has 0 spiro atoms. The normalized spacial score (nSPS) is 29.5. The summed E-state index contributed by atoms with van der Waals surface area (Å²) in [6, 6.07) is 1.48. The lowest BCUT2D eigenvalue weighted by molar-refractivity contribution is 0.0299. The van der Waals surface area contributed by atoms with Crippen LogP contribution < -0.4 is 5.73 Å². The SMILES string of the molecule is CCC1CCC(C)N1CCCC(O)(CC)CN. The van der Waals surface area contributed by atoms with Crippen molar-refractivity contribution in [1.82, 2.24) is 4.90 Å². The third-order valence-corrected chi connectivity index (χ3v) is 4.52. The van der Waals surface area contributed by atoms with Gasteiger partial charge in [0.1, 0.15) is 0 Å². The minimum Gasteiger partial charge on any atom is -0.389 e. The molecule has 0 radical (unpaired) electrons. The lowest BCUT2D eigenvalue weighted by Crippen LogP contribution is -2.39. The average Bonchev–Trinajstić information content (AvgIpc) is 2.70. The maximum absolute atomic E-state index is 10.1. The summed E-state index contributed by atoms with van der Waals surface area (Å²) in [5.41, 5.74) is 4.99. The van der Waals surface area contributed by atoms with Gasteiger partial charge in [-0.2, -0.15) is 0 Å². The number of hydrogen-bond acceptors (Lipinski definition) is 3. The van der Waals surface area contributed by atoms with E-state index in [1.165, 1.54) is 19.3 Å². The van der Waals surface area contributed by atoms with Crippen LogP contribution in [0.25, 0.3) is 0 Å². The van der Waals surface area contributed by atoms with Gasteiger partial charge in [0.05, 0.1) is 5.60 Å². The Bertz CT molecular complexity index is 216. The Morgan fingerprint density at radius 2 is 2.06 bits per heavy atom. The molecule has 0 bridgehead atoms. The molecular formula is C14H30N2O. The molecule has 0 aromatic rings. The van der Waals surface area contributed by atoms with Gasteiger partial charge in [-0.3, -0.25) is 4.90 Å². The van der Waals surface area contributed by atoms with Crippen LogP contribution in [0.3, 0.4) is 0 Å². The summed E-state index contributed by atoms with van der Waals surface area (Å²) in [7, 11) is 0. The fraction of sp³-hybridized carbons (Fsp3) is 1.00. The molecule has 1 rings (SSSR count). The van der Waals surface area contributed by atoms with Crippen molar-refractivity contribution in [3.8, 4) is 0 Å². The number of nitrogens with two attached hydrogens (primary N) is 1. The van der Waals surface area contributed by atoms with Crippen molar-refractivity contribution in [2.75, 3.05) is 13.1 Å². The van der Waals surface area contributed by atoms with Gasteiger partial charge in [-0.25, -0.2) is 0 Å². The van der Waals surface area contributed by atoms with Crippen LogP contribution in [0.1, 0.15) is 59.3 Å².